The van der Waals surface area contributed by atoms with Gasteiger partial charge in [0.1, 0.15) is 11.5 Å². The van der Waals surface area contributed by atoms with Gasteiger partial charge in [0.2, 0.25) is 0 Å². The Morgan fingerprint density at radius 1 is 0.960 bits per heavy atom. The van der Waals surface area contributed by atoms with Gasteiger partial charge in [-0.25, -0.2) is 0 Å². The third-order valence-corrected chi connectivity index (χ3v) is 4.10. The maximum absolute atomic E-state index is 5.93. The van der Waals surface area contributed by atoms with Crippen LogP contribution in [0.15, 0.2) is 60.8 Å². The van der Waals surface area contributed by atoms with Gasteiger partial charge in [0, 0.05) is 35.1 Å². The molecule has 128 valence electrons. The molecule has 0 spiro atoms. The number of rotatable bonds is 6. The second kappa shape index (κ2) is 7.90. The number of methoxy groups -OCH3 is 2. The first-order chi connectivity index (χ1) is 12.2. The smallest absolute Gasteiger partial charge is 0.123 e. The van der Waals surface area contributed by atoms with Gasteiger partial charge in [-0.2, -0.15) is 0 Å². The SMILES string of the molecule is COc1cc(OC)cc(-c2ncccc2CNc2ccc(Cl)cc2)c1. The van der Waals surface area contributed by atoms with Crippen LogP contribution in [0.4, 0.5) is 5.69 Å². The van der Waals surface area contributed by atoms with Crippen molar-refractivity contribution in [2.45, 2.75) is 6.54 Å². The van der Waals surface area contributed by atoms with Crippen molar-refractivity contribution in [2.75, 3.05) is 19.5 Å². The summed E-state index contributed by atoms with van der Waals surface area (Å²) in [4.78, 5) is 4.55. The van der Waals surface area contributed by atoms with Crippen LogP contribution in [0.1, 0.15) is 5.56 Å². The van der Waals surface area contributed by atoms with Crippen molar-refractivity contribution < 1.29 is 9.47 Å². The average Bonchev–Trinajstić information content (AvgIpc) is 2.67. The number of aromatic nitrogens is 1. The summed E-state index contributed by atoms with van der Waals surface area (Å²) in [5, 5.41) is 4.11. The first-order valence-corrected chi connectivity index (χ1v) is 8.24. The predicted molar refractivity (Wildman–Crippen MR) is 102 cm³/mol. The van der Waals surface area contributed by atoms with Crippen molar-refractivity contribution in [1.82, 2.24) is 4.98 Å². The van der Waals surface area contributed by atoms with Crippen molar-refractivity contribution >= 4 is 17.3 Å². The molecule has 4 nitrogen and oxygen atoms in total. The number of nitrogens with one attached hydrogen (secondary N) is 1. The van der Waals surface area contributed by atoms with E-state index in [-0.39, 0.29) is 0 Å². The van der Waals surface area contributed by atoms with Crippen LogP contribution < -0.4 is 14.8 Å². The van der Waals surface area contributed by atoms with E-state index in [2.05, 4.69) is 16.4 Å². The molecular weight excluding hydrogens is 336 g/mol. The Hall–Kier alpha value is -2.72. The van der Waals surface area contributed by atoms with Gasteiger partial charge in [-0.3, -0.25) is 4.98 Å². The molecule has 1 aromatic heterocycles. The first kappa shape index (κ1) is 17.1. The van der Waals surface area contributed by atoms with Crippen LogP contribution in [0.25, 0.3) is 11.3 Å². The second-order valence-corrected chi connectivity index (χ2v) is 5.91. The quantitative estimate of drug-likeness (QED) is 0.674. The molecule has 25 heavy (non-hydrogen) atoms. The van der Waals surface area contributed by atoms with Gasteiger partial charge in [0.25, 0.3) is 0 Å². The number of hydrogen-bond acceptors (Lipinski definition) is 4. The first-order valence-electron chi connectivity index (χ1n) is 7.86. The molecule has 1 N–H and O–H groups in total. The van der Waals surface area contributed by atoms with Crippen LogP contribution in [-0.2, 0) is 6.54 Å². The third kappa shape index (κ3) is 4.22. The maximum Gasteiger partial charge on any atom is 0.123 e. The van der Waals surface area contributed by atoms with Crippen LogP contribution in [-0.4, -0.2) is 19.2 Å². The summed E-state index contributed by atoms with van der Waals surface area (Å²) in [6.45, 7) is 0.643. The Labute approximate surface area is 152 Å². The Kier molecular flexibility index (Phi) is 5.41. The number of pyridine rings is 1. The summed E-state index contributed by atoms with van der Waals surface area (Å²) in [6, 6.07) is 17.4. The number of anilines is 1. The third-order valence-electron chi connectivity index (χ3n) is 3.84. The van der Waals surface area contributed by atoms with E-state index < -0.39 is 0 Å². The normalized spacial score (nSPS) is 10.4. The Morgan fingerprint density at radius 2 is 1.64 bits per heavy atom. The van der Waals surface area contributed by atoms with E-state index >= 15 is 0 Å². The summed E-state index contributed by atoms with van der Waals surface area (Å²) in [7, 11) is 3.28. The molecule has 0 aliphatic rings. The van der Waals surface area contributed by atoms with E-state index in [0.717, 1.165) is 39.0 Å². The molecule has 0 aliphatic heterocycles. The van der Waals surface area contributed by atoms with Crippen molar-refractivity contribution in [3.05, 3.63) is 71.4 Å². The molecule has 3 aromatic rings. The van der Waals surface area contributed by atoms with E-state index in [1.165, 1.54) is 0 Å². The zero-order valence-electron chi connectivity index (χ0n) is 14.1. The minimum absolute atomic E-state index is 0.643. The predicted octanol–water partition coefficient (Wildman–Crippen LogP) is 5.03. The molecule has 0 aliphatic carbocycles. The van der Waals surface area contributed by atoms with Crippen molar-refractivity contribution in [3.8, 4) is 22.8 Å². The molecule has 0 saturated carbocycles. The fraction of sp³-hybridized carbons (Fsp3) is 0.150. The summed E-state index contributed by atoms with van der Waals surface area (Å²) >= 11 is 5.93. The van der Waals surface area contributed by atoms with Gasteiger partial charge in [0.15, 0.2) is 0 Å². The molecule has 0 bridgehead atoms. The second-order valence-electron chi connectivity index (χ2n) is 5.47. The van der Waals surface area contributed by atoms with E-state index in [1.54, 1.807) is 20.4 Å². The lowest BCUT2D eigenvalue weighted by atomic mass is 10.0. The number of halogens is 1. The largest absolute Gasteiger partial charge is 0.497 e. The van der Waals surface area contributed by atoms with Crippen LogP contribution in [0.2, 0.25) is 5.02 Å². The molecule has 5 heteroatoms. The Morgan fingerprint density at radius 3 is 2.28 bits per heavy atom. The number of hydrogen-bond donors (Lipinski definition) is 1. The number of benzene rings is 2. The van der Waals surface area contributed by atoms with Crippen molar-refractivity contribution in [2.24, 2.45) is 0 Å². The summed E-state index contributed by atoms with van der Waals surface area (Å²) in [5.74, 6) is 1.47. The highest BCUT2D eigenvalue weighted by molar-refractivity contribution is 6.30. The van der Waals surface area contributed by atoms with Gasteiger partial charge in [-0.05, 0) is 48.0 Å². The summed E-state index contributed by atoms with van der Waals surface area (Å²) in [5.41, 5.74) is 3.92. The molecule has 0 amide bonds. The minimum Gasteiger partial charge on any atom is -0.497 e. The lowest BCUT2D eigenvalue weighted by Gasteiger charge is -2.13. The molecule has 2 aromatic carbocycles. The molecule has 0 atom stereocenters. The monoisotopic (exact) mass is 354 g/mol. The highest BCUT2D eigenvalue weighted by Gasteiger charge is 2.10. The standard InChI is InChI=1S/C20H19ClN2O2/c1-24-18-10-15(11-19(12-18)25-2)20-14(4-3-9-22-20)13-23-17-7-5-16(21)6-8-17/h3-12,23H,13H2,1-2H3. The van der Waals surface area contributed by atoms with Crippen LogP contribution in [0.3, 0.4) is 0 Å². The number of nitrogens with zero attached hydrogens (tertiary/aromatic N) is 1. The van der Waals surface area contributed by atoms with E-state index in [0.29, 0.717) is 6.54 Å². The van der Waals surface area contributed by atoms with Gasteiger partial charge in [-0.1, -0.05) is 17.7 Å². The molecule has 0 unspecified atom stereocenters. The molecule has 0 saturated heterocycles. The van der Waals surface area contributed by atoms with Gasteiger partial charge in [0.05, 0.1) is 19.9 Å². The summed E-state index contributed by atoms with van der Waals surface area (Å²) in [6.07, 6.45) is 1.78. The van der Waals surface area contributed by atoms with Gasteiger partial charge < -0.3 is 14.8 Å². The Bertz CT molecular complexity index is 828. The lowest BCUT2D eigenvalue weighted by Crippen LogP contribution is -2.02. The average molecular weight is 355 g/mol. The highest BCUT2D eigenvalue weighted by Crippen LogP contribution is 2.30. The zero-order chi connectivity index (χ0) is 17.6. The van der Waals surface area contributed by atoms with Gasteiger partial charge >= 0.3 is 0 Å². The van der Waals surface area contributed by atoms with Crippen LogP contribution >= 0.6 is 11.6 Å². The fourth-order valence-corrected chi connectivity index (χ4v) is 2.68. The van der Waals surface area contributed by atoms with E-state index in [1.807, 2.05) is 48.5 Å². The fourth-order valence-electron chi connectivity index (χ4n) is 2.55. The minimum atomic E-state index is 0.643. The van der Waals surface area contributed by atoms with E-state index in [9.17, 15) is 0 Å². The van der Waals surface area contributed by atoms with Gasteiger partial charge in [-0.15, -0.1) is 0 Å². The molecule has 3 rings (SSSR count). The summed E-state index contributed by atoms with van der Waals surface area (Å²) < 4.78 is 10.7. The molecule has 1 heterocycles. The van der Waals surface area contributed by atoms with Crippen molar-refractivity contribution in [3.63, 3.8) is 0 Å². The van der Waals surface area contributed by atoms with E-state index in [4.69, 9.17) is 21.1 Å². The molecule has 0 radical (unpaired) electrons. The van der Waals surface area contributed by atoms with Crippen LogP contribution in [0.5, 0.6) is 11.5 Å². The topological polar surface area (TPSA) is 43.4 Å². The maximum atomic E-state index is 5.93. The molecular formula is C20H19ClN2O2. The van der Waals surface area contributed by atoms with Crippen molar-refractivity contribution in [1.29, 1.82) is 0 Å². The Balaban J connectivity index is 1.89. The highest BCUT2D eigenvalue weighted by atomic mass is 35.5. The lowest BCUT2D eigenvalue weighted by molar-refractivity contribution is 0.394. The zero-order valence-corrected chi connectivity index (χ0v) is 14.9. The van der Waals surface area contributed by atoms with Crippen LogP contribution in [0, 0.1) is 0 Å². The number of ether oxygens (including phenoxy) is 2. The molecule has 0 fully saturated rings.